The first-order valence-electron chi connectivity index (χ1n) is 6.57. The zero-order valence-corrected chi connectivity index (χ0v) is 14.7. The molecule has 2 aromatic carbocycles. The molecule has 0 heterocycles. The molecule has 0 bridgehead atoms. The standard InChI is InChI=1S/C16H16BrCl2NO/c1-10(20)8-11-4-2-5-13(17)16(11)21-9-12-14(18)6-3-7-15(12)19/h2-7,10H,8-9,20H2,1H3. The molecule has 0 aliphatic carbocycles. The van der Waals surface area contributed by atoms with Crippen LogP contribution in [0.25, 0.3) is 0 Å². The Morgan fingerprint density at radius 2 is 1.76 bits per heavy atom. The Balaban J connectivity index is 2.24. The van der Waals surface area contributed by atoms with Gasteiger partial charge in [-0.05, 0) is 53.0 Å². The molecule has 0 radical (unpaired) electrons. The normalized spacial score (nSPS) is 12.2. The van der Waals surface area contributed by atoms with Crippen molar-refractivity contribution in [3.05, 3.63) is 62.0 Å². The van der Waals surface area contributed by atoms with E-state index in [9.17, 15) is 0 Å². The van der Waals surface area contributed by atoms with Crippen molar-refractivity contribution in [2.75, 3.05) is 0 Å². The quantitative estimate of drug-likeness (QED) is 0.761. The van der Waals surface area contributed by atoms with Gasteiger partial charge in [0.15, 0.2) is 0 Å². The average Bonchev–Trinajstić information content (AvgIpc) is 2.40. The van der Waals surface area contributed by atoms with Gasteiger partial charge >= 0.3 is 0 Å². The predicted octanol–water partition coefficient (Wildman–Crippen LogP) is 5.22. The van der Waals surface area contributed by atoms with Crippen molar-refractivity contribution in [3.63, 3.8) is 0 Å². The number of halogens is 3. The summed E-state index contributed by atoms with van der Waals surface area (Å²) >= 11 is 15.8. The Labute approximate surface area is 143 Å². The Bertz CT molecular complexity index is 611. The topological polar surface area (TPSA) is 35.2 Å². The largest absolute Gasteiger partial charge is 0.487 e. The van der Waals surface area contributed by atoms with Crippen LogP contribution in [-0.2, 0) is 13.0 Å². The summed E-state index contributed by atoms with van der Waals surface area (Å²) in [5.74, 6) is 0.783. The monoisotopic (exact) mass is 387 g/mol. The van der Waals surface area contributed by atoms with Crippen molar-refractivity contribution in [2.24, 2.45) is 5.73 Å². The van der Waals surface area contributed by atoms with Gasteiger partial charge in [-0.25, -0.2) is 0 Å². The van der Waals surface area contributed by atoms with E-state index in [0.717, 1.165) is 27.8 Å². The van der Waals surface area contributed by atoms with E-state index >= 15 is 0 Å². The third kappa shape index (κ3) is 4.36. The minimum absolute atomic E-state index is 0.0607. The van der Waals surface area contributed by atoms with Gasteiger partial charge in [-0.15, -0.1) is 0 Å². The molecule has 1 atom stereocenters. The zero-order valence-electron chi connectivity index (χ0n) is 11.6. The number of ether oxygens (including phenoxy) is 1. The Morgan fingerprint density at radius 3 is 2.38 bits per heavy atom. The van der Waals surface area contributed by atoms with E-state index in [0.29, 0.717) is 16.7 Å². The summed E-state index contributed by atoms with van der Waals surface area (Å²) in [6.45, 7) is 2.28. The molecule has 1 unspecified atom stereocenters. The number of para-hydroxylation sites is 1. The molecule has 0 saturated heterocycles. The van der Waals surface area contributed by atoms with Crippen LogP contribution < -0.4 is 10.5 Å². The fourth-order valence-electron chi connectivity index (χ4n) is 2.04. The van der Waals surface area contributed by atoms with Crippen LogP contribution in [-0.4, -0.2) is 6.04 Å². The number of rotatable bonds is 5. The van der Waals surface area contributed by atoms with Gasteiger partial charge < -0.3 is 10.5 Å². The molecule has 0 fully saturated rings. The van der Waals surface area contributed by atoms with E-state index in [1.807, 2.05) is 31.2 Å². The van der Waals surface area contributed by atoms with Gasteiger partial charge in [0.25, 0.3) is 0 Å². The first-order chi connectivity index (χ1) is 9.99. The van der Waals surface area contributed by atoms with Crippen molar-refractivity contribution in [2.45, 2.75) is 26.0 Å². The summed E-state index contributed by atoms with van der Waals surface area (Å²) in [6.07, 6.45) is 0.741. The Hall–Kier alpha value is -0.740. The third-order valence-corrected chi connectivity index (χ3v) is 4.35. The molecule has 0 spiro atoms. The molecule has 0 saturated carbocycles. The van der Waals surface area contributed by atoms with E-state index in [-0.39, 0.29) is 6.04 Å². The van der Waals surface area contributed by atoms with E-state index in [4.69, 9.17) is 33.7 Å². The Kier molecular flexibility index (Phi) is 5.94. The summed E-state index contributed by atoms with van der Waals surface area (Å²) in [5, 5.41) is 1.20. The maximum Gasteiger partial charge on any atom is 0.137 e. The molecule has 5 heteroatoms. The van der Waals surface area contributed by atoms with Crippen LogP contribution in [0.3, 0.4) is 0 Å². The maximum absolute atomic E-state index is 6.16. The van der Waals surface area contributed by atoms with E-state index in [2.05, 4.69) is 15.9 Å². The predicted molar refractivity (Wildman–Crippen MR) is 92.3 cm³/mol. The molecular formula is C16H16BrCl2NO. The fourth-order valence-corrected chi connectivity index (χ4v) is 3.07. The highest BCUT2D eigenvalue weighted by atomic mass is 79.9. The minimum atomic E-state index is 0.0607. The molecule has 0 aliphatic heterocycles. The van der Waals surface area contributed by atoms with Gasteiger partial charge in [0.2, 0.25) is 0 Å². The lowest BCUT2D eigenvalue weighted by molar-refractivity contribution is 0.300. The minimum Gasteiger partial charge on any atom is -0.487 e. The number of benzene rings is 2. The van der Waals surface area contributed by atoms with Crippen LogP contribution in [0.1, 0.15) is 18.1 Å². The summed E-state index contributed by atoms with van der Waals surface area (Å²) in [4.78, 5) is 0. The molecule has 2 nitrogen and oxygen atoms in total. The smallest absolute Gasteiger partial charge is 0.137 e. The van der Waals surface area contributed by atoms with Gasteiger partial charge in [-0.2, -0.15) is 0 Å². The van der Waals surface area contributed by atoms with Crippen LogP contribution in [0.2, 0.25) is 10.0 Å². The van der Waals surface area contributed by atoms with E-state index in [1.54, 1.807) is 12.1 Å². The molecule has 0 amide bonds. The molecular weight excluding hydrogens is 373 g/mol. The van der Waals surface area contributed by atoms with Gasteiger partial charge in [0.1, 0.15) is 12.4 Å². The van der Waals surface area contributed by atoms with Crippen LogP contribution in [0.15, 0.2) is 40.9 Å². The van der Waals surface area contributed by atoms with Crippen molar-refractivity contribution in [1.82, 2.24) is 0 Å². The SMILES string of the molecule is CC(N)Cc1cccc(Br)c1OCc1c(Cl)cccc1Cl. The van der Waals surface area contributed by atoms with E-state index < -0.39 is 0 Å². The fraction of sp³-hybridized carbons (Fsp3) is 0.250. The van der Waals surface area contributed by atoms with Gasteiger partial charge in [0.05, 0.1) is 4.47 Å². The van der Waals surface area contributed by atoms with Crippen molar-refractivity contribution >= 4 is 39.1 Å². The number of nitrogens with two attached hydrogens (primary N) is 1. The summed E-state index contributed by atoms with van der Waals surface area (Å²) in [5.41, 5.74) is 7.72. The van der Waals surface area contributed by atoms with Crippen LogP contribution in [0.5, 0.6) is 5.75 Å². The van der Waals surface area contributed by atoms with Gasteiger partial charge in [-0.1, -0.05) is 41.4 Å². The third-order valence-electron chi connectivity index (χ3n) is 3.01. The molecule has 2 aromatic rings. The summed E-state index contributed by atoms with van der Waals surface area (Å²) in [7, 11) is 0. The average molecular weight is 389 g/mol. The zero-order chi connectivity index (χ0) is 15.4. The van der Waals surface area contributed by atoms with Gasteiger partial charge in [-0.3, -0.25) is 0 Å². The first kappa shape index (κ1) is 16.6. The highest BCUT2D eigenvalue weighted by Crippen LogP contribution is 2.32. The second-order valence-electron chi connectivity index (χ2n) is 4.90. The number of hydrogen-bond acceptors (Lipinski definition) is 2. The van der Waals surface area contributed by atoms with Crippen LogP contribution >= 0.6 is 39.1 Å². The van der Waals surface area contributed by atoms with Crippen molar-refractivity contribution in [1.29, 1.82) is 0 Å². The summed E-state index contributed by atoms with van der Waals surface area (Å²) < 4.78 is 6.84. The lowest BCUT2D eigenvalue weighted by Crippen LogP contribution is -2.18. The molecule has 2 N–H and O–H groups in total. The van der Waals surface area contributed by atoms with Gasteiger partial charge in [0, 0.05) is 21.7 Å². The van der Waals surface area contributed by atoms with Crippen LogP contribution in [0.4, 0.5) is 0 Å². The molecule has 21 heavy (non-hydrogen) atoms. The lowest BCUT2D eigenvalue weighted by atomic mass is 10.1. The highest BCUT2D eigenvalue weighted by Gasteiger charge is 2.12. The summed E-state index contributed by atoms with van der Waals surface area (Å²) in [6, 6.07) is 11.4. The maximum atomic E-state index is 6.16. The Morgan fingerprint density at radius 1 is 1.14 bits per heavy atom. The first-order valence-corrected chi connectivity index (χ1v) is 8.12. The molecule has 112 valence electrons. The molecule has 2 rings (SSSR count). The second kappa shape index (κ2) is 7.50. The lowest BCUT2D eigenvalue weighted by Gasteiger charge is -2.16. The van der Waals surface area contributed by atoms with Crippen molar-refractivity contribution in [3.8, 4) is 5.75 Å². The molecule has 0 aliphatic rings. The second-order valence-corrected chi connectivity index (χ2v) is 6.57. The highest BCUT2D eigenvalue weighted by molar-refractivity contribution is 9.10. The number of hydrogen-bond donors (Lipinski definition) is 1. The van der Waals surface area contributed by atoms with Crippen LogP contribution in [0, 0.1) is 0 Å². The van der Waals surface area contributed by atoms with E-state index in [1.165, 1.54) is 0 Å². The van der Waals surface area contributed by atoms with Crippen molar-refractivity contribution < 1.29 is 4.74 Å². The molecule has 0 aromatic heterocycles.